The fourth-order valence-corrected chi connectivity index (χ4v) is 5.64. The van der Waals surface area contributed by atoms with Crippen molar-refractivity contribution in [3.8, 4) is 5.88 Å². The molecule has 1 aromatic heterocycles. The number of carbonyl (C=O) groups excluding carboxylic acids is 1. The molecule has 2 N–H and O–H groups in total. The van der Waals surface area contributed by atoms with Crippen LogP contribution in [0.3, 0.4) is 0 Å². The number of hydrogen-bond acceptors (Lipinski definition) is 6. The van der Waals surface area contributed by atoms with Crippen LogP contribution < -0.4 is 10.5 Å². The first-order chi connectivity index (χ1) is 16.4. The summed E-state index contributed by atoms with van der Waals surface area (Å²) >= 11 is 0. The van der Waals surface area contributed by atoms with Gasteiger partial charge in [-0.2, -0.15) is 4.98 Å². The van der Waals surface area contributed by atoms with Crippen LogP contribution in [-0.2, 0) is 4.79 Å². The smallest absolute Gasteiger partial charge is 0.246 e. The zero-order valence-corrected chi connectivity index (χ0v) is 20.3. The first-order valence-corrected chi connectivity index (χ1v) is 12.7. The Kier molecular flexibility index (Phi) is 6.28. The van der Waals surface area contributed by atoms with Crippen molar-refractivity contribution in [1.29, 1.82) is 0 Å². The van der Waals surface area contributed by atoms with E-state index in [2.05, 4.69) is 39.1 Å². The van der Waals surface area contributed by atoms with E-state index in [1.54, 1.807) is 0 Å². The summed E-state index contributed by atoms with van der Waals surface area (Å²) in [5, 5.41) is 0. The van der Waals surface area contributed by atoms with E-state index in [0.29, 0.717) is 35.1 Å². The molecule has 34 heavy (non-hydrogen) atoms. The molecule has 0 bridgehead atoms. The molecule has 1 aliphatic carbocycles. The predicted octanol–water partition coefficient (Wildman–Crippen LogP) is 5.03. The van der Waals surface area contributed by atoms with Crippen molar-refractivity contribution in [2.45, 2.75) is 76.7 Å². The second kappa shape index (κ2) is 9.35. The summed E-state index contributed by atoms with van der Waals surface area (Å²) in [4.78, 5) is 27.8. The van der Waals surface area contributed by atoms with Gasteiger partial charge < -0.3 is 15.4 Å². The minimum atomic E-state index is -0.617. The fourth-order valence-electron chi connectivity index (χ4n) is 5.64. The maximum Gasteiger partial charge on any atom is 0.246 e. The van der Waals surface area contributed by atoms with Crippen molar-refractivity contribution < 1.29 is 9.53 Å². The molecule has 1 amide bonds. The predicted molar refractivity (Wildman–Crippen MR) is 134 cm³/mol. The Labute approximate surface area is 201 Å². The third-order valence-electron chi connectivity index (χ3n) is 7.64. The number of nitrogens with zero attached hydrogens (tertiary/aromatic N) is 4. The average Bonchev–Trinajstić information content (AvgIpc) is 2.84. The van der Waals surface area contributed by atoms with Gasteiger partial charge in [0.05, 0.1) is 5.71 Å². The van der Waals surface area contributed by atoms with Crippen molar-refractivity contribution >= 4 is 23.1 Å². The monoisotopic (exact) mass is 461 g/mol. The van der Waals surface area contributed by atoms with Gasteiger partial charge in [0.25, 0.3) is 0 Å². The number of amides is 1. The van der Waals surface area contributed by atoms with E-state index in [9.17, 15) is 4.79 Å². The van der Waals surface area contributed by atoms with Gasteiger partial charge in [0, 0.05) is 25.1 Å². The normalized spacial score (nSPS) is 24.1. The molecule has 3 aliphatic rings. The number of nitrogens with two attached hydrogens (primary N) is 1. The number of aromatic nitrogens is 2. The molecular weight excluding hydrogens is 426 g/mol. The number of rotatable bonds is 4. The van der Waals surface area contributed by atoms with E-state index in [1.807, 2.05) is 13.8 Å². The Balaban J connectivity index is 1.23. The molecule has 0 unspecified atom stereocenters. The number of nitrogen functional groups attached to an aromatic ring is 1. The highest BCUT2D eigenvalue weighted by molar-refractivity contribution is 6.09. The molecule has 3 heterocycles. The Bertz CT molecular complexity index is 1060. The number of piperidine rings is 1. The number of ether oxygens (including phenoxy) is 1. The third kappa shape index (κ3) is 4.65. The highest BCUT2D eigenvalue weighted by Crippen LogP contribution is 2.40. The maximum absolute atomic E-state index is 12.6. The molecule has 2 aromatic rings. The van der Waals surface area contributed by atoms with Gasteiger partial charge in [-0.25, -0.2) is 9.98 Å². The largest absolute Gasteiger partial charge is 0.463 e. The second-order valence-electron chi connectivity index (χ2n) is 10.5. The van der Waals surface area contributed by atoms with Crippen LogP contribution in [0, 0.1) is 5.92 Å². The van der Waals surface area contributed by atoms with Crippen LogP contribution in [0.15, 0.2) is 35.6 Å². The van der Waals surface area contributed by atoms with Crippen LogP contribution in [0.5, 0.6) is 5.88 Å². The lowest BCUT2D eigenvalue weighted by molar-refractivity contribution is -0.133. The maximum atomic E-state index is 12.6. The minimum absolute atomic E-state index is 0.324. The lowest BCUT2D eigenvalue weighted by Gasteiger charge is -2.33. The molecule has 1 saturated carbocycles. The number of benzene rings is 1. The van der Waals surface area contributed by atoms with Crippen LogP contribution in [0.1, 0.15) is 82.3 Å². The SMILES string of the molecule is CC1(C)Oc2ncnc(N)c2N=C1c1ccc(C2CCC(CC(=O)N3CCCCC3)CC2)cc1. The van der Waals surface area contributed by atoms with Crippen LogP contribution in [0.2, 0.25) is 0 Å². The Morgan fingerprint density at radius 3 is 2.47 bits per heavy atom. The van der Waals surface area contributed by atoms with Crippen molar-refractivity contribution in [3.63, 3.8) is 0 Å². The summed E-state index contributed by atoms with van der Waals surface area (Å²) in [7, 11) is 0. The summed E-state index contributed by atoms with van der Waals surface area (Å²) in [6.07, 6.45) is 10.3. The van der Waals surface area contributed by atoms with E-state index < -0.39 is 5.60 Å². The van der Waals surface area contributed by atoms with Crippen LogP contribution in [0.4, 0.5) is 11.5 Å². The zero-order valence-electron chi connectivity index (χ0n) is 20.3. The van der Waals surface area contributed by atoms with Gasteiger partial charge in [-0.05, 0) is 76.2 Å². The molecule has 7 heteroatoms. The van der Waals surface area contributed by atoms with Gasteiger partial charge in [0.15, 0.2) is 11.5 Å². The Hall–Kier alpha value is -2.96. The zero-order chi connectivity index (χ0) is 23.7. The summed E-state index contributed by atoms with van der Waals surface area (Å²) in [5.74, 6) is 2.21. The molecule has 5 rings (SSSR count). The van der Waals surface area contributed by atoms with E-state index in [-0.39, 0.29) is 0 Å². The van der Waals surface area contributed by atoms with Crippen LogP contribution in [-0.4, -0.2) is 45.2 Å². The molecule has 2 aliphatic heterocycles. The number of likely N-dealkylation sites (tertiary alicyclic amines) is 1. The van der Waals surface area contributed by atoms with Gasteiger partial charge in [-0.3, -0.25) is 4.79 Å². The van der Waals surface area contributed by atoms with E-state index >= 15 is 0 Å². The van der Waals surface area contributed by atoms with Gasteiger partial charge >= 0.3 is 0 Å². The summed E-state index contributed by atoms with van der Waals surface area (Å²) in [5.41, 5.74) is 9.10. The molecule has 0 atom stereocenters. The molecule has 2 fully saturated rings. The molecule has 1 aromatic carbocycles. The summed E-state index contributed by atoms with van der Waals surface area (Å²) < 4.78 is 6.11. The van der Waals surface area contributed by atoms with Crippen molar-refractivity contribution in [1.82, 2.24) is 14.9 Å². The van der Waals surface area contributed by atoms with Gasteiger partial charge in [-0.15, -0.1) is 0 Å². The van der Waals surface area contributed by atoms with E-state index in [1.165, 1.54) is 18.3 Å². The highest BCUT2D eigenvalue weighted by atomic mass is 16.5. The minimum Gasteiger partial charge on any atom is -0.463 e. The number of aliphatic imine (C=N–C) groups is 1. The fraction of sp³-hybridized carbons (Fsp3) is 0.556. The van der Waals surface area contributed by atoms with Gasteiger partial charge in [0.1, 0.15) is 11.9 Å². The van der Waals surface area contributed by atoms with E-state index in [0.717, 1.165) is 69.3 Å². The lowest BCUT2D eigenvalue weighted by Crippen LogP contribution is -2.41. The van der Waals surface area contributed by atoms with Gasteiger partial charge in [0.2, 0.25) is 11.8 Å². The van der Waals surface area contributed by atoms with Crippen molar-refractivity contribution in [3.05, 3.63) is 41.7 Å². The quantitative estimate of drug-likeness (QED) is 0.689. The first-order valence-electron chi connectivity index (χ1n) is 12.7. The highest BCUT2D eigenvalue weighted by Gasteiger charge is 2.35. The van der Waals surface area contributed by atoms with Crippen molar-refractivity contribution in [2.24, 2.45) is 10.9 Å². The molecule has 180 valence electrons. The number of carbonyl (C=O) groups is 1. The summed E-state index contributed by atoms with van der Waals surface area (Å²) in [6.45, 7) is 5.90. The average molecular weight is 462 g/mol. The molecule has 0 spiro atoms. The topological polar surface area (TPSA) is 93.7 Å². The Morgan fingerprint density at radius 2 is 1.76 bits per heavy atom. The first kappa shape index (κ1) is 22.8. The molecular formula is C27H35N5O2. The van der Waals surface area contributed by atoms with Crippen molar-refractivity contribution in [2.75, 3.05) is 18.8 Å². The Morgan fingerprint density at radius 1 is 1.06 bits per heavy atom. The van der Waals surface area contributed by atoms with Gasteiger partial charge in [-0.1, -0.05) is 24.3 Å². The molecule has 7 nitrogen and oxygen atoms in total. The van der Waals surface area contributed by atoms with E-state index in [4.69, 9.17) is 15.5 Å². The lowest BCUT2D eigenvalue weighted by atomic mass is 9.77. The number of hydrogen-bond donors (Lipinski definition) is 1. The molecule has 1 saturated heterocycles. The number of anilines is 1. The summed E-state index contributed by atoms with van der Waals surface area (Å²) in [6, 6.07) is 8.71. The van der Waals surface area contributed by atoms with Crippen LogP contribution >= 0.6 is 0 Å². The number of fused-ring (bicyclic) bond motifs is 1. The second-order valence-corrected chi connectivity index (χ2v) is 10.5. The molecule has 0 radical (unpaired) electrons. The van der Waals surface area contributed by atoms with Crippen LogP contribution in [0.25, 0.3) is 0 Å². The standard InChI is InChI=1S/C27H35N5O2/c1-27(2)24(31-23-25(28)29-17-30-26(23)34-27)21-12-10-20(11-13-21)19-8-6-18(7-9-19)16-22(33)32-14-4-3-5-15-32/h10-13,17-19H,3-9,14-16H2,1-2H3,(H2,28,29,30). The third-order valence-corrected chi connectivity index (χ3v) is 7.64.